The van der Waals surface area contributed by atoms with Gasteiger partial charge >= 0.3 is 0 Å². The van der Waals surface area contributed by atoms with Crippen LogP contribution in [0.2, 0.25) is 0 Å². The SMILES string of the molecule is COCc1cc(N)nc(-c2c(C)cc(C)cc2C)n1. The van der Waals surface area contributed by atoms with Gasteiger partial charge in [0.25, 0.3) is 0 Å². The fourth-order valence-electron chi connectivity index (χ4n) is 2.38. The second-order valence-corrected chi connectivity index (χ2v) is 4.81. The van der Waals surface area contributed by atoms with E-state index in [2.05, 4.69) is 42.9 Å². The molecular formula is C15H19N3O. The van der Waals surface area contributed by atoms with Crippen molar-refractivity contribution in [1.82, 2.24) is 9.97 Å². The van der Waals surface area contributed by atoms with E-state index in [-0.39, 0.29) is 0 Å². The first-order valence-corrected chi connectivity index (χ1v) is 6.22. The molecule has 2 rings (SSSR count). The van der Waals surface area contributed by atoms with Gasteiger partial charge in [0.15, 0.2) is 5.82 Å². The predicted molar refractivity (Wildman–Crippen MR) is 76.8 cm³/mol. The number of aromatic nitrogens is 2. The molecule has 4 heteroatoms. The minimum Gasteiger partial charge on any atom is -0.384 e. The van der Waals surface area contributed by atoms with Crippen molar-refractivity contribution < 1.29 is 4.74 Å². The largest absolute Gasteiger partial charge is 0.384 e. The van der Waals surface area contributed by atoms with E-state index in [0.717, 1.165) is 22.4 Å². The average Bonchev–Trinajstić information content (AvgIpc) is 2.26. The second-order valence-electron chi connectivity index (χ2n) is 4.81. The third kappa shape index (κ3) is 2.90. The Morgan fingerprint density at radius 2 is 1.68 bits per heavy atom. The van der Waals surface area contributed by atoms with Crippen LogP contribution in [0.5, 0.6) is 0 Å². The molecule has 0 aliphatic carbocycles. The van der Waals surface area contributed by atoms with E-state index in [0.29, 0.717) is 18.2 Å². The van der Waals surface area contributed by atoms with Gasteiger partial charge in [-0.15, -0.1) is 0 Å². The number of nitrogen functional groups attached to an aromatic ring is 1. The van der Waals surface area contributed by atoms with E-state index in [4.69, 9.17) is 10.5 Å². The Labute approximate surface area is 113 Å². The lowest BCUT2D eigenvalue weighted by Crippen LogP contribution is -2.03. The number of aryl methyl sites for hydroxylation is 3. The molecule has 0 saturated carbocycles. The fraction of sp³-hybridized carbons (Fsp3) is 0.333. The molecule has 2 aromatic rings. The van der Waals surface area contributed by atoms with Crippen molar-refractivity contribution in [3.63, 3.8) is 0 Å². The van der Waals surface area contributed by atoms with E-state index in [9.17, 15) is 0 Å². The predicted octanol–water partition coefficient (Wildman–Crippen LogP) is 2.80. The Morgan fingerprint density at radius 1 is 1.05 bits per heavy atom. The summed E-state index contributed by atoms with van der Waals surface area (Å²) >= 11 is 0. The lowest BCUT2D eigenvalue weighted by molar-refractivity contribution is 0.181. The first-order chi connectivity index (χ1) is 9.01. The first-order valence-electron chi connectivity index (χ1n) is 6.22. The van der Waals surface area contributed by atoms with Gasteiger partial charge in [-0.3, -0.25) is 0 Å². The van der Waals surface area contributed by atoms with Gasteiger partial charge < -0.3 is 10.5 Å². The average molecular weight is 257 g/mol. The summed E-state index contributed by atoms with van der Waals surface area (Å²) in [6, 6.07) is 6.00. The number of methoxy groups -OCH3 is 1. The van der Waals surface area contributed by atoms with Crippen molar-refractivity contribution in [3.8, 4) is 11.4 Å². The number of hydrogen-bond donors (Lipinski definition) is 1. The molecule has 1 heterocycles. The summed E-state index contributed by atoms with van der Waals surface area (Å²) in [5.41, 5.74) is 11.3. The van der Waals surface area contributed by atoms with Gasteiger partial charge in [0, 0.05) is 18.7 Å². The number of hydrogen-bond acceptors (Lipinski definition) is 4. The van der Waals surface area contributed by atoms with Crippen LogP contribution in [0.15, 0.2) is 18.2 Å². The van der Waals surface area contributed by atoms with Gasteiger partial charge in [-0.25, -0.2) is 9.97 Å². The summed E-state index contributed by atoms with van der Waals surface area (Å²) in [6.45, 7) is 6.65. The summed E-state index contributed by atoms with van der Waals surface area (Å²) in [5, 5.41) is 0. The van der Waals surface area contributed by atoms with Crippen molar-refractivity contribution in [2.45, 2.75) is 27.4 Å². The molecule has 0 aliphatic rings. The van der Waals surface area contributed by atoms with Gasteiger partial charge in [-0.1, -0.05) is 17.7 Å². The van der Waals surface area contributed by atoms with Crippen LogP contribution in [0.25, 0.3) is 11.4 Å². The molecule has 0 atom stereocenters. The molecule has 0 saturated heterocycles. The molecule has 2 N–H and O–H groups in total. The number of benzene rings is 1. The molecule has 0 aliphatic heterocycles. The summed E-state index contributed by atoms with van der Waals surface area (Å²) in [4.78, 5) is 8.88. The van der Waals surface area contributed by atoms with Crippen LogP contribution in [0.4, 0.5) is 5.82 Å². The van der Waals surface area contributed by atoms with E-state index in [1.54, 1.807) is 13.2 Å². The first kappa shape index (κ1) is 13.5. The lowest BCUT2D eigenvalue weighted by atomic mass is 9.99. The Bertz CT molecular complexity index is 585. The van der Waals surface area contributed by atoms with Crippen molar-refractivity contribution >= 4 is 5.82 Å². The Hall–Kier alpha value is -1.94. The van der Waals surface area contributed by atoms with E-state index in [1.165, 1.54) is 5.56 Å². The smallest absolute Gasteiger partial charge is 0.162 e. The van der Waals surface area contributed by atoms with Crippen molar-refractivity contribution in [2.24, 2.45) is 0 Å². The van der Waals surface area contributed by atoms with Crippen LogP contribution in [-0.4, -0.2) is 17.1 Å². The zero-order valence-corrected chi connectivity index (χ0v) is 11.8. The van der Waals surface area contributed by atoms with Crippen molar-refractivity contribution in [1.29, 1.82) is 0 Å². The highest BCUT2D eigenvalue weighted by Crippen LogP contribution is 2.26. The van der Waals surface area contributed by atoms with Gasteiger partial charge in [0.1, 0.15) is 5.82 Å². The van der Waals surface area contributed by atoms with Crippen LogP contribution in [0.3, 0.4) is 0 Å². The maximum absolute atomic E-state index is 5.85. The van der Waals surface area contributed by atoms with Crippen LogP contribution in [0.1, 0.15) is 22.4 Å². The molecule has 0 spiro atoms. The van der Waals surface area contributed by atoms with E-state index >= 15 is 0 Å². The van der Waals surface area contributed by atoms with Crippen LogP contribution >= 0.6 is 0 Å². The zero-order valence-electron chi connectivity index (χ0n) is 11.8. The van der Waals surface area contributed by atoms with Crippen molar-refractivity contribution in [3.05, 3.63) is 40.6 Å². The van der Waals surface area contributed by atoms with Crippen LogP contribution in [-0.2, 0) is 11.3 Å². The van der Waals surface area contributed by atoms with Gasteiger partial charge in [-0.05, 0) is 31.9 Å². The van der Waals surface area contributed by atoms with Gasteiger partial charge in [0.2, 0.25) is 0 Å². The Kier molecular flexibility index (Phi) is 3.81. The molecule has 100 valence electrons. The standard InChI is InChI=1S/C15H19N3O/c1-9-5-10(2)14(11(3)6-9)15-17-12(8-19-4)7-13(16)18-15/h5-7H,8H2,1-4H3,(H2,16,17,18). The topological polar surface area (TPSA) is 61.0 Å². The van der Waals surface area contributed by atoms with Crippen molar-refractivity contribution in [2.75, 3.05) is 12.8 Å². The number of nitrogens with zero attached hydrogens (tertiary/aromatic N) is 2. The third-order valence-electron chi connectivity index (χ3n) is 2.99. The minimum absolute atomic E-state index is 0.434. The number of ether oxygens (including phenoxy) is 1. The normalized spacial score (nSPS) is 10.7. The van der Waals surface area contributed by atoms with Crippen LogP contribution < -0.4 is 5.73 Å². The molecule has 1 aromatic carbocycles. The second kappa shape index (κ2) is 5.36. The molecule has 1 aromatic heterocycles. The molecular weight excluding hydrogens is 238 g/mol. The molecule has 0 fully saturated rings. The number of rotatable bonds is 3. The van der Waals surface area contributed by atoms with Gasteiger partial charge in [-0.2, -0.15) is 0 Å². The quantitative estimate of drug-likeness (QED) is 0.918. The summed E-state index contributed by atoms with van der Waals surface area (Å²) in [6.07, 6.45) is 0. The summed E-state index contributed by atoms with van der Waals surface area (Å²) in [5.74, 6) is 1.14. The van der Waals surface area contributed by atoms with Crippen LogP contribution in [0, 0.1) is 20.8 Å². The molecule has 0 bridgehead atoms. The molecule has 0 radical (unpaired) electrons. The summed E-state index contributed by atoms with van der Waals surface area (Å²) < 4.78 is 5.11. The lowest BCUT2D eigenvalue weighted by Gasteiger charge is -2.11. The fourth-order valence-corrected chi connectivity index (χ4v) is 2.38. The number of anilines is 1. The monoisotopic (exact) mass is 257 g/mol. The highest BCUT2D eigenvalue weighted by Gasteiger charge is 2.11. The third-order valence-corrected chi connectivity index (χ3v) is 2.99. The van der Waals surface area contributed by atoms with E-state index in [1.807, 2.05) is 0 Å². The number of nitrogens with two attached hydrogens (primary N) is 1. The molecule has 0 unspecified atom stereocenters. The Balaban J connectivity index is 2.58. The molecule has 4 nitrogen and oxygen atoms in total. The van der Waals surface area contributed by atoms with E-state index < -0.39 is 0 Å². The molecule has 19 heavy (non-hydrogen) atoms. The minimum atomic E-state index is 0.434. The Morgan fingerprint density at radius 3 is 2.26 bits per heavy atom. The summed E-state index contributed by atoms with van der Waals surface area (Å²) in [7, 11) is 1.64. The molecule has 0 amide bonds. The highest BCUT2D eigenvalue weighted by atomic mass is 16.5. The zero-order chi connectivity index (χ0) is 14.0. The van der Waals surface area contributed by atoms with Gasteiger partial charge in [0.05, 0.1) is 12.3 Å². The highest BCUT2D eigenvalue weighted by molar-refractivity contribution is 5.66. The maximum atomic E-state index is 5.85. The maximum Gasteiger partial charge on any atom is 0.162 e.